The van der Waals surface area contributed by atoms with Gasteiger partial charge in [0.15, 0.2) is 0 Å². The fraction of sp³-hybridized carbons (Fsp3) is 1.00. The van der Waals surface area contributed by atoms with Crippen LogP contribution in [0.5, 0.6) is 0 Å². The van der Waals surface area contributed by atoms with Gasteiger partial charge in [0, 0.05) is 0 Å². The molecule has 0 amide bonds. The average Bonchev–Trinajstić information content (AvgIpc) is 3.60. The van der Waals surface area contributed by atoms with E-state index in [0.29, 0.717) is 0 Å². The molecule has 10 unspecified atom stereocenters. The van der Waals surface area contributed by atoms with E-state index in [2.05, 4.69) is 41.5 Å². The van der Waals surface area contributed by atoms with Gasteiger partial charge in [0.2, 0.25) is 0 Å². The summed E-state index contributed by atoms with van der Waals surface area (Å²) >= 11 is 0. The third-order valence-electron chi connectivity index (χ3n) is 13.6. The summed E-state index contributed by atoms with van der Waals surface area (Å²) in [6.07, 6.45) is 30.4. The molecule has 0 nitrogen and oxygen atoms in total. The zero-order chi connectivity index (χ0) is 27.1. The van der Waals surface area contributed by atoms with Gasteiger partial charge in [-0.2, -0.15) is 0 Å². The molecule has 38 heavy (non-hydrogen) atoms. The van der Waals surface area contributed by atoms with E-state index in [1.165, 1.54) is 57.8 Å². The summed E-state index contributed by atoms with van der Waals surface area (Å²) in [6.45, 7) is 14.7. The highest BCUT2D eigenvalue weighted by atomic mass is 14.5. The Morgan fingerprint density at radius 3 is 1.87 bits per heavy atom. The Balaban J connectivity index is 0.000000186. The molecule has 0 aromatic rings. The molecule has 5 aliphatic rings. The van der Waals surface area contributed by atoms with Gasteiger partial charge in [-0.1, -0.05) is 112 Å². The van der Waals surface area contributed by atoms with Crippen LogP contribution in [0.15, 0.2) is 0 Å². The van der Waals surface area contributed by atoms with Gasteiger partial charge in [-0.3, -0.25) is 0 Å². The molecule has 0 heterocycles. The van der Waals surface area contributed by atoms with Gasteiger partial charge in [-0.25, -0.2) is 0 Å². The summed E-state index contributed by atoms with van der Waals surface area (Å²) < 4.78 is 0. The third-order valence-corrected chi connectivity index (χ3v) is 13.6. The Morgan fingerprint density at radius 1 is 0.553 bits per heavy atom. The first-order valence-corrected chi connectivity index (χ1v) is 18.5. The molecule has 0 aliphatic heterocycles. The predicted octanol–water partition coefficient (Wildman–Crippen LogP) is 12.4. The third kappa shape index (κ3) is 7.64. The molecule has 5 rings (SSSR count). The lowest BCUT2D eigenvalue weighted by atomic mass is 9.56. The van der Waals surface area contributed by atoms with Crippen LogP contribution in [0.1, 0.15) is 170 Å². The van der Waals surface area contributed by atoms with E-state index in [1.54, 1.807) is 70.6 Å². The molecule has 0 spiro atoms. The molecular weight excluding hydrogens is 456 g/mol. The molecule has 0 aromatic carbocycles. The Morgan fingerprint density at radius 2 is 1.24 bits per heavy atom. The largest absolute Gasteiger partial charge is 0.0654 e. The molecule has 0 bridgehead atoms. The highest BCUT2D eigenvalue weighted by Gasteiger charge is 2.47. The Kier molecular flexibility index (Phi) is 12.5. The van der Waals surface area contributed by atoms with E-state index in [9.17, 15) is 0 Å². The highest BCUT2D eigenvalue weighted by molar-refractivity contribution is 4.97. The van der Waals surface area contributed by atoms with E-state index in [1.807, 2.05) is 0 Å². The van der Waals surface area contributed by atoms with Gasteiger partial charge >= 0.3 is 0 Å². The maximum absolute atomic E-state index is 2.61. The molecule has 0 aromatic heterocycles. The number of hydrogen-bond donors (Lipinski definition) is 0. The summed E-state index contributed by atoms with van der Waals surface area (Å²) in [6, 6.07) is 0. The first-order chi connectivity index (χ1) is 18.5. The van der Waals surface area contributed by atoms with Crippen molar-refractivity contribution in [3.05, 3.63) is 0 Å². The van der Waals surface area contributed by atoms with Crippen molar-refractivity contribution >= 4 is 0 Å². The summed E-state index contributed by atoms with van der Waals surface area (Å²) in [5.41, 5.74) is 0. The van der Waals surface area contributed by atoms with Crippen molar-refractivity contribution in [1.29, 1.82) is 0 Å². The van der Waals surface area contributed by atoms with Crippen LogP contribution in [-0.2, 0) is 0 Å². The summed E-state index contributed by atoms with van der Waals surface area (Å²) in [4.78, 5) is 0. The first-order valence-electron chi connectivity index (χ1n) is 18.5. The number of unbranched alkanes of at least 4 members (excludes halogenated alkanes) is 1. The van der Waals surface area contributed by atoms with Crippen molar-refractivity contribution in [2.45, 2.75) is 170 Å². The van der Waals surface area contributed by atoms with Gasteiger partial charge in [0.1, 0.15) is 0 Å². The molecule has 0 N–H and O–H groups in total. The average molecular weight is 527 g/mol. The minimum atomic E-state index is 1.01. The molecule has 0 saturated heterocycles. The molecular formula is C38H70. The van der Waals surface area contributed by atoms with Gasteiger partial charge < -0.3 is 0 Å². The summed E-state index contributed by atoms with van der Waals surface area (Å²) in [5.74, 6) is 12.9. The highest BCUT2D eigenvalue weighted by Crippen LogP contribution is 2.56. The van der Waals surface area contributed by atoms with Gasteiger partial charge in [0.05, 0.1) is 0 Å². The van der Waals surface area contributed by atoms with Crippen molar-refractivity contribution in [2.24, 2.45) is 71.0 Å². The van der Waals surface area contributed by atoms with Crippen molar-refractivity contribution in [3.8, 4) is 0 Å². The molecule has 10 atom stereocenters. The number of hydrogen-bond acceptors (Lipinski definition) is 0. The Hall–Kier alpha value is 0. The van der Waals surface area contributed by atoms with Crippen LogP contribution < -0.4 is 0 Å². The molecule has 0 heteroatoms. The molecule has 5 aliphatic carbocycles. The monoisotopic (exact) mass is 527 g/mol. The van der Waals surface area contributed by atoms with E-state index in [4.69, 9.17) is 0 Å². The SMILES string of the molecule is CCC1CCC(CC)C(C2CCC(C)C2)C1.CCCCC1C(C)CC2CCCC2C1C1CCC(CC)CC1. The second kappa shape index (κ2) is 15.3. The van der Waals surface area contributed by atoms with Crippen LogP contribution in [0, 0.1) is 71.0 Å². The Labute approximate surface area is 240 Å². The minimum Gasteiger partial charge on any atom is -0.0654 e. The topological polar surface area (TPSA) is 0 Å². The lowest BCUT2D eigenvalue weighted by Gasteiger charge is -2.49. The smallest absolute Gasteiger partial charge is 0.0324 e. The maximum atomic E-state index is 2.61. The number of rotatable bonds is 8. The summed E-state index contributed by atoms with van der Waals surface area (Å²) in [5, 5.41) is 0. The van der Waals surface area contributed by atoms with Gasteiger partial charge in [-0.05, 0) is 129 Å². The van der Waals surface area contributed by atoms with Crippen LogP contribution in [0.4, 0.5) is 0 Å². The van der Waals surface area contributed by atoms with Crippen molar-refractivity contribution < 1.29 is 0 Å². The summed E-state index contributed by atoms with van der Waals surface area (Å²) in [7, 11) is 0. The van der Waals surface area contributed by atoms with Crippen molar-refractivity contribution in [1.82, 2.24) is 0 Å². The van der Waals surface area contributed by atoms with Crippen LogP contribution in [0.2, 0.25) is 0 Å². The van der Waals surface area contributed by atoms with E-state index >= 15 is 0 Å². The van der Waals surface area contributed by atoms with Gasteiger partial charge in [-0.15, -0.1) is 0 Å². The Bertz CT molecular complexity index is 642. The van der Waals surface area contributed by atoms with E-state index in [-0.39, 0.29) is 0 Å². The van der Waals surface area contributed by atoms with Gasteiger partial charge in [0.25, 0.3) is 0 Å². The standard InChI is InChI=1S/C22H40.C16H30/c1-4-6-9-20-16(3)15-19-8-7-10-21(19)22(20)18-13-11-17(5-2)12-14-18;1-4-13-7-9-14(5-2)16(11-13)15-8-6-12(3)10-15/h16-22H,4-15H2,1-3H3;12-16H,4-11H2,1-3H3. The molecule has 222 valence electrons. The van der Waals surface area contributed by atoms with Crippen molar-refractivity contribution in [3.63, 3.8) is 0 Å². The predicted molar refractivity (Wildman–Crippen MR) is 168 cm³/mol. The van der Waals surface area contributed by atoms with Crippen molar-refractivity contribution in [2.75, 3.05) is 0 Å². The van der Waals surface area contributed by atoms with E-state index < -0.39 is 0 Å². The first kappa shape index (κ1) is 30.9. The van der Waals surface area contributed by atoms with Crippen LogP contribution in [-0.4, -0.2) is 0 Å². The lowest BCUT2D eigenvalue weighted by molar-refractivity contribution is -0.00258. The molecule has 0 radical (unpaired) electrons. The zero-order valence-electron chi connectivity index (χ0n) is 27.1. The van der Waals surface area contributed by atoms with E-state index in [0.717, 1.165) is 71.0 Å². The minimum absolute atomic E-state index is 1.01. The quantitative estimate of drug-likeness (QED) is 0.295. The maximum Gasteiger partial charge on any atom is -0.0324 e. The zero-order valence-corrected chi connectivity index (χ0v) is 27.1. The van der Waals surface area contributed by atoms with Crippen LogP contribution in [0.25, 0.3) is 0 Å². The molecule has 5 fully saturated rings. The fourth-order valence-corrected chi connectivity index (χ4v) is 11.3. The fourth-order valence-electron chi connectivity index (χ4n) is 11.3. The normalized spacial score (nSPS) is 45.3. The molecule has 5 saturated carbocycles. The van der Waals surface area contributed by atoms with Crippen LogP contribution in [0.3, 0.4) is 0 Å². The lowest BCUT2D eigenvalue weighted by Crippen LogP contribution is -2.42. The number of fused-ring (bicyclic) bond motifs is 1. The second-order valence-corrected chi connectivity index (χ2v) is 15.7. The second-order valence-electron chi connectivity index (χ2n) is 15.7. The van der Waals surface area contributed by atoms with Crippen LogP contribution >= 0.6 is 0 Å².